The minimum absolute atomic E-state index is 0.163. The van der Waals surface area contributed by atoms with E-state index in [-0.39, 0.29) is 17.3 Å². The van der Waals surface area contributed by atoms with Gasteiger partial charge < -0.3 is 15.4 Å². The highest BCUT2D eigenvalue weighted by atomic mass is 19.4. The number of benzene rings is 2. The number of carbonyl (C=O) groups is 2. The maximum Gasteiger partial charge on any atom is 0.416 e. The van der Waals surface area contributed by atoms with Gasteiger partial charge in [-0.1, -0.05) is 6.07 Å². The van der Waals surface area contributed by atoms with Crippen molar-refractivity contribution in [2.75, 3.05) is 31.2 Å². The fourth-order valence-electron chi connectivity index (χ4n) is 2.93. The van der Waals surface area contributed by atoms with Gasteiger partial charge in [-0.15, -0.1) is 0 Å². The molecular weight excluding hydrogens is 375 g/mol. The van der Waals surface area contributed by atoms with Crippen LogP contribution >= 0.6 is 0 Å². The fraction of sp³-hybridized carbons (Fsp3) is 0.263. The van der Waals surface area contributed by atoms with Crippen LogP contribution in [0.3, 0.4) is 0 Å². The number of hydrogen-bond donors (Lipinski definition) is 1. The molecule has 1 aliphatic heterocycles. The molecule has 0 spiro atoms. The minimum atomic E-state index is -4.49. The van der Waals surface area contributed by atoms with Crippen molar-refractivity contribution in [3.63, 3.8) is 0 Å². The Morgan fingerprint density at radius 3 is 2.21 bits per heavy atom. The van der Waals surface area contributed by atoms with Crippen molar-refractivity contribution in [1.82, 2.24) is 4.90 Å². The van der Waals surface area contributed by atoms with Crippen LogP contribution in [0.4, 0.5) is 29.3 Å². The number of hydrogen-bond acceptors (Lipinski definition) is 3. The predicted molar refractivity (Wildman–Crippen MR) is 96.3 cm³/mol. The molecule has 0 unspecified atom stereocenters. The number of carbonyl (C=O) groups excluding carboxylic acids is 2. The lowest BCUT2D eigenvalue weighted by atomic mass is 10.1. The van der Waals surface area contributed by atoms with Gasteiger partial charge in [0.2, 0.25) is 0 Å². The van der Waals surface area contributed by atoms with Crippen molar-refractivity contribution < 1.29 is 27.5 Å². The number of rotatable bonds is 3. The second kappa shape index (κ2) is 7.89. The lowest BCUT2D eigenvalue weighted by molar-refractivity contribution is -0.137. The summed E-state index contributed by atoms with van der Waals surface area (Å²) in [6.07, 6.45) is -4.49. The molecule has 6 nitrogen and oxygen atoms in total. The van der Waals surface area contributed by atoms with E-state index in [9.17, 15) is 22.8 Å². The molecule has 2 aromatic carbocycles. The Kier molecular flexibility index (Phi) is 5.55. The van der Waals surface area contributed by atoms with Crippen molar-refractivity contribution in [1.29, 1.82) is 0 Å². The Hall–Kier alpha value is -3.07. The number of ether oxygens (including phenoxy) is 1. The van der Waals surface area contributed by atoms with Crippen LogP contribution in [-0.4, -0.2) is 43.1 Å². The standard InChI is InChI=1S/C19H18F3N3O3/c20-19(21,22)14-4-6-15(7-5-14)25(18(23)27)16-3-1-2-13(12-16)17(26)24-8-10-28-11-9-24/h1-7,12H,8-11H2,(H2,23,27). The van der Waals surface area contributed by atoms with E-state index in [2.05, 4.69) is 0 Å². The first-order chi connectivity index (χ1) is 13.3. The van der Waals surface area contributed by atoms with Crippen molar-refractivity contribution >= 4 is 23.3 Å². The largest absolute Gasteiger partial charge is 0.416 e. The topological polar surface area (TPSA) is 75.9 Å². The van der Waals surface area contributed by atoms with E-state index < -0.39 is 17.8 Å². The van der Waals surface area contributed by atoms with Gasteiger partial charge in [0.25, 0.3) is 5.91 Å². The SMILES string of the molecule is NC(=O)N(c1ccc(C(F)(F)F)cc1)c1cccc(C(=O)N2CCOCC2)c1. The van der Waals surface area contributed by atoms with Gasteiger partial charge in [0, 0.05) is 18.7 Å². The Morgan fingerprint density at radius 1 is 1.00 bits per heavy atom. The predicted octanol–water partition coefficient (Wildman–Crippen LogP) is 3.39. The monoisotopic (exact) mass is 393 g/mol. The lowest BCUT2D eigenvalue weighted by Gasteiger charge is -2.27. The van der Waals surface area contributed by atoms with Gasteiger partial charge in [0.05, 0.1) is 30.2 Å². The molecule has 9 heteroatoms. The second-order valence-corrected chi connectivity index (χ2v) is 6.17. The van der Waals surface area contributed by atoms with E-state index in [4.69, 9.17) is 10.5 Å². The number of nitrogens with two attached hydrogens (primary N) is 1. The zero-order chi connectivity index (χ0) is 20.3. The van der Waals surface area contributed by atoms with Crippen LogP contribution in [0.1, 0.15) is 15.9 Å². The Bertz CT molecular complexity index is 863. The van der Waals surface area contributed by atoms with E-state index in [0.717, 1.165) is 29.2 Å². The summed E-state index contributed by atoms with van der Waals surface area (Å²) in [7, 11) is 0. The maximum absolute atomic E-state index is 12.8. The molecule has 0 saturated carbocycles. The van der Waals surface area contributed by atoms with Crippen LogP contribution in [0.15, 0.2) is 48.5 Å². The fourth-order valence-corrected chi connectivity index (χ4v) is 2.93. The summed E-state index contributed by atoms with van der Waals surface area (Å²) in [4.78, 5) is 27.3. The zero-order valence-corrected chi connectivity index (χ0v) is 14.8. The van der Waals surface area contributed by atoms with Crippen LogP contribution in [0, 0.1) is 0 Å². The van der Waals surface area contributed by atoms with E-state index in [1.807, 2.05) is 0 Å². The van der Waals surface area contributed by atoms with Crippen LogP contribution in [-0.2, 0) is 10.9 Å². The van der Waals surface area contributed by atoms with Crippen LogP contribution in [0.5, 0.6) is 0 Å². The van der Waals surface area contributed by atoms with Crippen LogP contribution in [0.25, 0.3) is 0 Å². The molecule has 28 heavy (non-hydrogen) atoms. The molecule has 3 amide bonds. The molecule has 148 valence electrons. The first-order valence-electron chi connectivity index (χ1n) is 8.51. The van der Waals surface area contributed by atoms with E-state index in [0.29, 0.717) is 31.9 Å². The molecule has 1 saturated heterocycles. The number of morpholine rings is 1. The summed E-state index contributed by atoms with van der Waals surface area (Å²) in [6.45, 7) is 1.82. The molecule has 2 aromatic rings. The molecule has 0 aromatic heterocycles. The summed E-state index contributed by atoms with van der Waals surface area (Å²) in [5, 5.41) is 0. The molecule has 1 aliphatic rings. The highest BCUT2D eigenvalue weighted by Crippen LogP contribution is 2.32. The maximum atomic E-state index is 12.8. The minimum Gasteiger partial charge on any atom is -0.378 e. The van der Waals surface area contributed by atoms with Gasteiger partial charge in [-0.25, -0.2) is 4.79 Å². The molecule has 2 N–H and O–H groups in total. The summed E-state index contributed by atoms with van der Waals surface area (Å²) in [5.74, 6) is -0.220. The lowest BCUT2D eigenvalue weighted by Crippen LogP contribution is -2.40. The summed E-state index contributed by atoms with van der Waals surface area (Å²) >= 11 is 0. The first kappa shape index (κ1) is 19.7. The number of halogens is 3. The van der Waals surface area contributed by atoms with Gasteiger partial charge >= 0.3 is 12.2 Å². The highest BCUT2D eigenvalue weighted by molar-refractivity contribution is 6.01. The van der Waals surface area contributed by atoms with Crippen LogP contribution < -0.4 is 10.6 Å². The molecule has 0 aliphatic carbocycles. The normalized spacial score (nSPS) is 14.6. The van der Waals surface area contributed by atoms with Gasteiger partial charge in [0.1, 0.15) is 0 Å². The summed E-state index contributed by atoms with van der Waals surface area (Å²) < 4.78 is 43.5. The highest BCUT2D eigenvalue weighted by Gasteiger charge is 2.30. The van der Waals surface area contributed by atoms with Crippen molar-refractivity contribution in [2.45, 2.75) is 6.18 Å². The third-order valence-electron chi connectivity index (χ3n) is 4.32. The summed E-state index contributed by atoms with van der Waals surface area (Å²) in [5.41, 5.74) is 5.40. The van der Waals surface area contributed by atoms with Gasteiger partial charge in [0.15, 0.2) is 0 Å². The molecule has 0 atom stereocenters. The third-order valence-corrected chi connectivity index (χ3v) is 4.32. The molecular formula is C19H18F3N3O3. The number of urea groups is 1. The number of nitrogens with zero attached hydrogens (tertiary/aromatic N) is 2. The molecule has 0 bridgehead atoms. The van der Waals surface area contributed by atoms with Crippen molar-refractivity contribution in [3.8, 4) is 0 Å². The van der Waals surface area contributed by atoms with E-state index in [1.54, 1.807) is 23.1 Å². The van der Waals surface area contributed by atoms with Crippen molar-refractivity contribution in [2.24, 2.45) is 5.73 Å². The zero-order valence-electron chi connectivity index (χ0n) is 14.8. The number of anilines is 2. The average molecular weight is 393 g/mol. The van der Waals surface area contributed by atoms with Gasteiger partial charge in [-0.3, -0.25) is 9.69 Å². The van der Waals surface area contributed by atoms with Gasteiger partial charge in [-0.05, 0) is 42.5 Å². The average Bonchev–Trinajstić information content (AvgIpc) is 2.68. The van der Waals surface area contributed by atoms with Gasteiger partial charge in [-0.2, -0.15) is 13.2 Å². The Labute approximate surface area is 159 Å². The Morgan fingerprint density at radius 2 is 1.64 bits per heavy atom. The van der Waals surface area contributed by atoms with Crippen molar-refractivity contribution in [3.05, 3.63) is 59.7 Å². The molecule has 3 rings (SSSR count). The molecule has 1 heterocycles. The first-order valence-corrected chi connectivity index (χ1v) is 8.51. The second-order valence-electron chi connectivity index (χ2n) is 6.17. The number of alkyl halides is 3. The molecule has 0 radical (unpaired) electrons. The molecule has 1 fully saturated rings. The Balaban J connectivity index is 1.90. The van der Waals surface area contributed by atoms with E-state index >= 15 is 0 Å². The number of amides is 3. The number of primary amides is 1. The van der Waals surface area contributed by atoms with E-state index in [1.165, 1.54) is 6.07 Å². The summed E-state index contributed by atoms with van der Waals surface area (Å²) in [6, 6.07) is 9.40. The quantitative estimate of drug-likeness (QED) is 0.869. The smallest absolute Gasteiger partial charge is 0.378 e. The van der Waals surface area contributed by atoms with Crippen LogP contribution in [0.2, 0.25) is 0 Å². The third kappa shape index (κ3) is 4.25.